The normalized spacial score (nSPS) is 11.3. The average molecular weight is 521 g/mol. The minimum Gasteiger partial charge on any atom is -0.492 e. The zero-order valence-corrected chi connectivity index (χ0v) is 21.0. The summed E-state index contributed by atoms with van der Waals surface area (Å²) in [7, 11) is 0. The summed E-state index contributed by atoms with van der Waals surface area (Å²) in [5.41, 5.74) is 1.11. The molecule has 0 amide bonds. The predicted octanol–water partition coefficient (Wildman–Crippen LogP) is 3.90. The lowest BCUT2D eigenvalue weighted by molar-refractivity contribution is 0.143. The van der Waals surface area contributed by atoms with E-state index >= 15 is 0 Å². The fraction of sp³-hybridized carbons (Fsp3) is 0.682. The van der Waals surface area contributed by atoms with E-state index in [0.29, 0.717) is 13.2 Å². The van der Waals surface area contributed by atoms with E-state index < -0.39 is 0 Å². The highest BCUT2D eigenvalue weighted by Crippen LogP contribution is 2.18. The molecule has 0 unspecified atom stereocenters. The van der Waals surface area contributed by atoms with Gasteiger partial charge in [0.15, 0.2) is 5.96 Å². The molecule has 0 aromatic heterocycles. The van der Waals surface area contributed by atoms with Crippen molar-refractivity contribution in [3.8, 4) is 5.75 Å². The minimum absolute atomic E-state index is 0. The molecular formula is C22H41IN4O2. The summed E-state index contributed by atoms with van der Waals surface area (Å²) < 4.78 is 11.4. The van der Waals surface area contributed by atoms with Gasteiger partial charge in [-0.15, -0.1) is 24.0 Å². The first-order chi connectivity index (χ1) is 13.7. The fourth-order valence-electron chi connectivity index (χ4n) is 2.79. The molecule has 0 radical (unpaired) electrons. The first kappa shape index (κ1) is 27.9. The van der Waals surface area contributed by atoms with Crippen LogP contribution in [0, 0.1) is 0 Å². The van der Waals surface area contributed by atoms with Crippen LogP contribution < -0.4 is 15.4 Å². The van der Waals surface area contributed by atoms with Crippen molar-refractivity contribution >= 4 is 29.9 Å². The molecule has 2 N–H and O–H groups in total. The number of hydrogen-bond acceptors (Lipinski definition) is 4. The lowest BCUT2D eigenvalue weighted by Gasteiger charge is -2.19. The molecule has 0 saturated heterocycles. The van der Waals surface area contributed by atoms with Crippen molar-refractivity contribution in [1.82, 2.24) is 15.5 Å². The highest BCUT2D eigenvalue weighted by molar-refractivity contribution is 14.0. The molecular weight excluding hydrogens is 479 g/mol. The zero-order valence-electron chi connectivity index (χ0n) is 18.7. The molecule has 0 aliphatic rings. The summed E-state index contributed by atoms with van der Waals surface area (Å²) in [6.07, 6.45) is 2.12. The molecule has 29 heavy (non-hydrogen) atoms. The first-order valence-corrected chi connectivity index (χ1v) is 10.8. The van der Waals surface area contributed by atoms with Gasteiger partial charge >= 0.3 is 0 Å². The molecule has 0 saturated carbocycles. The number of aliphatic imine (C=N–C) groups is 1. The van der Waals surface area contributed by atoms with E-state index in [4.69, 9.17) is 14.5 Å². The molecule has 1 rings (SSSR count). The standard InChI is InChI=1S/C22H40N4O2.HI/c1-5-23-22(24-15-11-12-17-27-8-4)25-19-20-13-9-10-14-21(20)28-18-16-26(6-2)7-3;/h9-10,13-14H,5-8,11-12,15-19H2,1-4H3,(H2,23,24,25);1H. The molecule has 7 heteroatoms. The van der Waals surface area contributed by atoms with Crippen LogP contribution in [0.3, 0.4) is 0 Å². The Balaban J connectivity index is 0.00000784. The van der Waals surface area contributed by atoms with Gasteiger partial charge in [0.25, 0.3) is 0 Å². The third-order valence-electron chi connectivity index (χ3n) is 4.50. The van der Waals surface area contributed by atoms with Gasteiger partial charge in [0, 0.05) is 38.4 Å². The van der Waals surface area contributed by atoms with Crippen LogP contribution in [0.1, 0.15) is 46.1 Å². The quantitative estimate of drug-likeness (QED) is 0.159. The van der Waals surface area contributed by atoms with E-state index in [-0.39, 0.29) is 24.0 Å². The number of benzene rings is 1. The monoisotopic (exact) mass is 520 g/mol. The van der Waals surface area contributed by atoms with Crippen molar-refractivity contribution in [2.45, 2.75) is 47.1 Å². The number of likely N-dealkylation sites (N-methyl/N-ethyl adjacent to an activating group) is 1. The van der Waals surface area contributed by atoms with E-state index in [1.165, 1.54) is 0 Å². The maximum Gasteiger partial charge on any atom is 0.191 e. The molecule has 0 atom stereocenters. The average Bonchev–Trinajstić information content (AvgIpc) is 2.72. The summed E-state index contributed by atoms with van der Waals surface area (Å²) in [6, 6.07) is 8.17. The Morgan fingerprint density at radius 1 is 1.00 bits per heavy atom. The van der Waals surface area contributed by atoms with Gasteiger partial charge < -0.3 is 25.0 Å². The number of ether oxygens (including phenoxy) is 2. The van der Waals surface area contributed by atoms with Crippen LogP contribution in [0.15, 0.2) is 29.3 Å². The highest BCUT2D eigenvalue weighted by atomic mass is 127. The van der Waals surface area contributed by atoms with Crippen LogP contribution in [0.25, 0.3) is 0 Å². The van der Waals surface area contributed by atoms with E-state index in [2.05, 4.69) is 42.4 Å². The highest BCUT2D eigenvalue weighted by Gasteiger charge is 2.05. The van der Waals surface area contributed by atoms with Crippen LogP contribution in [-0.4, -0.2) is 63.4 Å². The third-order valence-corrected chi connectivity index (χ3v) is 4.50. The Labute approximate surface area is 194 Å². The van der Waals surface area contributed by atoms with Crippen molar-refractivity contribution in [2.24, 2.45) is 4.99 Å². The molecule has 0 heterocycles. The molecule has 0 bridgehead atoms. The smallest absolute Gasteiger partial charge is 0.191 e. The van der Waals surface area contributed by atoms with E-state index in [9.17, 15) is 0 Å². The van der Waals surface area contributed by atoms with Crippen molar-refractivity contribution in [1.29, 1.82) is 0 Å². The number of rotatable bonds is 15. The Hall–Kier alpha value is -1.06. The number of halogens is 1. The summed E-state index contributed by atoms with van der Waals surface area (Å²) in [4.78, 5) is 7.09. The van der Waals surface area contributed by atoms with Crippen LogP contribution in [-0.2, 0) is 11.3 Å². The Bertz CT molecular complexity index is 539. The van der Waals surface area contributed by atoms with E-state index in [1.54, 1.807) is 0 Å². The Kier molecular flexibility index (Phi) is 18.2. The number of nitrogens with zero attached hydrogens (tertiary/aromatic N) is 2. The SMILES string of the molecule is CCNC(=NCc1ccccc1OCCN(CC)CC)NCCCCOCC.I. The topological polar surface area (TPSA) is 58.1 Å². The Morgan fingerprint density at radius 3 is 2.45 bits per heavy atom. The fourth-order valence-corrected chi connectivity index (χ4v) is 2.79. The van der Waals surface area contributed by atoms with Crippen LogP contribution in [0.5, 0.6) is 5.75 Å². The Morgan fingerprint density at radius 2 is 1.76 bits per heavy atom. The van der Waals surface area contributed by atoms with Crippen molar-refractivity contribution in [3.05, 3.63) is 29.8 Å². The van der Waals surface area contributed by atoms with Crippen LogP contribution >= 0.6 is 24.0 Å². The number of hydrogen-bond donors (Lipinski definition) is 2. The zero-order chi connectivity index (χ0) is 20.5. The predicted molar refractivity (Wildman–Crippen MR) is 134 cm³/mol. The third kappa shape index (κ3) is 13.0. The maximum atomic E-state index is 6.03. The number of unbranched alkanes of at least 4 members (excludes halogenated alkanes) is 1. The van der Waals surface area contributed by atoms with Gasteiger partial charge in [-0.05, 0) is 45.8 Å². The minimum atomic E-state index is 0. The maximum absolute atomic E-state index is 6.03. The van der Waals surface area contributed by atoms with Crippen molar-refractivity contribution < 1.29 is 9.47 Å². The molecule has 168 valence electrons. The van der Waals surface area contributed by atoms with E-state index in [1.807, 2.05) is 25.1 Å². The summed E-state index contributed by atoms with van der Waals surface area (Å²) in [5, 5.41) is 6.70. The molecule has 6 nitrogen and oxygen atoms in total. The van der Waals surface area contributed by atoms with Crippen LogP contribution in [0.4, 0.5) is 0 Å². The largest absolute Gasteiger partial charge is 0.492 e. The summed E-state index contributed by atoms with van der Waals surface area (Å²) >= 11 is 0. The molecule has 1 aromatic carbocycles. The van der Waals surface area contributed by atoms with E-state index in [0.717, 1.165) is 76.1 Å². The van der Waals surface area contributed by atoms with Crippen LogP contribution in [0.2, 0.25) is 0 Å². The summed E-state index contributed by atoms with van der Waals surface area (Å²) in [5.74, 6) is 1.77. The molecule has 1 aromatic rings. The number of para-hydroxylation sites is 1. The van der Waals surface area contributed by atoms with Gasteiger partial charge in [-0.2, -0.15) is 0 Å². The number of guanidine groups is 1. The second-order valence-electron chi connectivity index (χ2n) is 6.51. The molecule has 0 spiro atoms. The van der Waals surface area contributed by atoms with Gasteiger partial charge in [-0.25, -0.2) is 4.99 Å². The second-order valence-corrected chi connectivity index (χ2v) is 6.51. The lowest BCUT2D eigenvalue weighted by Crippen LogP contribution is -2.37. The van der Waals surface area contributed by atoms with Gasteiger partial charge in [0.1, 0.15) is 12.4 Å². The van der Waals surface area contributed by atoms with Gasteiger partial charge in [0.2, 0.25) is 0 Å². The number of nitrogens with one attached hydrogen (secondary N) is 2. The van der Waals surface area contributed by atoms with Crippen molar-refractivity contribution in [3.63, 3.8) is 0 Å². The second kappa shape index (κ2) is 18.9. The molecule has 0 fully saturated rings. The molecule has 0 aliphatic carbocycles. The summed E-state index contributed by atoms with van der Waals surface area (Å²) in [6.45, 7) is 16.1. The van der Waals surface area contributed by atoms with Gasteiger partial charge in [-0.3, -0.25) is 0 Å². The van der Waals surface area contributed by atoms with Gasteiger partial charge in [0.05, 0.1) is 6.54 Å². The van der Waals surface area contributed by atoms with Gasteiger partial charge in [-0.1, -0.05) is 32.0 Å². The first-order valence-electron chi connectivity index (χ1n) is 10.8. The lowest BCUT2D eigenvalue weighted by atomic mass is 10.2. The van der Waals surface area contributed by atoms with Crippen molar-refractivity contribution in [2.75, 3.05) is 52.5 Å². The molecule has 0 aliphatic heterocycles.